The smallest absolute Gasteiger partial charge is 0.183 e. The van der Waals surface area contributed by atoms with Crippen molar-refractivity contribution in [3.05, 3.63) is 29.8 Å². The molecule has 0 unspecified atom stereocenters. The predicted molar refractivity (Wildman–Crippen MR) is 64.5 cm³/mol. The first-order valence-corrected chi connectivity index (χ1v) is 6.86. The fourth-order valence-corrected chi connectivity index (χ4v) is 3.76. The topological polar surface area (TPSA) is 74.8 Å². The summed E-state index contributed by atoms with van der Waals surface area (Å²) in [7, 11) is -1.53. The maximum absolute atomic E-state index is 12.1. The average molecular weight is 249 g/mol. The van der Waals surface area contributed by atoms with Crippen molar-refractivity contribution in [3.8, 4) is 11.3 Å². The Hall–Kier alpha value is -1.82. The van der Waals surface area contributed by atoms with Gasteiger partial charge in [-0.15, -0.1) is 0 Å². The van der Waals surface area contributed by atoms with E-state index in [-0.39, 0.29) is 5.75 Å². The summed E-state index contributed by atoms with van der Waals surface area (Å²) < 4.78 is 24.3. The van der Waals surface area contributed by atoms with Crippen molar-refractivity contribution in [1.29, 1.82) is 0 Å². The number of nitrogens with one attached hydrogen (secondary N) is 2. The summed E-state index contributed by atoms with van der Waals surface area (Å²) in [5.41, 5.74) is 2.20. The Kier molecular flexibility index (Phi) is 2.03. The molecule has 0 fully saturated rings. The third-order valence-corrected chi connectivity index (χ3v) is 4.62. The molecular weight excluding hydrogens is 238 g/mol. The van der Waals surface area contributed by atoms with Gasteiger partial charge in [0.05, 0.1) is 16.3 Å². The van der Waals surface area contributed by atoms with Gasteiger partial charge in [-0.25, -0.2) is 8.42 Å². The van der Waals surface area contributed by atoms with E-state index in [0.29, 0.717) is 21.8 Å². The van der Waals surface area contributed by atoms with Gasteiger partial charge in [0.1, 0.15) is 0 Å². The minimum absolute atomic E-state index is 0.00792. The van der Waals surface area contributed by atoms with E-state index in [0.717, 1.165) is 5.69 Å². The van der Waals surface area contributed by atoms with Crippen LogP contribution >= 0.6 is 0 Å². The van der Waals surface area contributed by atoms with E-state index in [2.05, 4.69) is 15.5 Å². The molecule has 0 bridgehead atoms. The largest absolute Gasteiger partial charge is 0.371 e. The van der Waals surface area contributed by atoms with E-state index >= 15 is 0 Å². The number of aromatic nitrogens is 2. The molecule has 1 aliphatic heterocycles. The number of rotatable bonds is 1. The molecule has 5 nitrogen and oxygen atoms in total. The summed E-state index contributed by atoms with van der Waals surface area (Å²) in [4.78, 5) is 0.374. The zero-order valence-corrected chi connectivity index (χ0v) is 10.0. The Balaban J connectivity index is 2.37. The van der Waals surface area contributed by atoms with Crippen LogP contribution in [-0.4, -0.2) is 25.7 Å². The lowest BCUT2D eigenvalue weighted by molar-refractivity contribution is 0.594. The van der Waals surface area contributed by atoms with Crippen LogP contribution in [0.5, 0.6) is 0 Å². The van der Waals surface area contributed by atoms with Gasteiger partial charge in [-0.2, -0.15) is 5.10 Å². The number of hydrogen-bond acceptors (Lipinski definition) is 4. The first-order valence-electron chi connectivity index (χ1n) is 5.20. The molecule has 0 saturated heterocycles. The Labute approximate surface area is 98.8 Å². The minimum atomic E-state index is -3.26. The van der Waals surface area contributed by atoms with Crippen LogP contribution in [0, 0.1) is 0 Å². The van der Waals surface area contributed by atoms with Gasteiger partial charge < -0.3 is 5.32 Å². The SMILES string of the molecule is CNc1n[nH]c2c1CS(=O)(=O)c1ccccc1-2. The van der Waals surface area contributed by atoms with Crippen LogP contribution in [0.4, 0.5) is 5.82 Å². The highest BCUT2D eigenvalue weighted by Crippen LogP contribution is 2.38. The molecule has 0 aliphatic carbocycles. The maximum atomic E-state index is 12.1. The molecule has 2 aromatic rings. The second-order valence-corrected chi connectivity index (χ2v) is 5.89. The molecule has 0 saturated carbocycles. The van der Waals surface area contributed by atoms with Crippen molar-refractivity contribution in [1.82, 2.24) is 10.2 Å². The Morgan fingerprint density at radius 2 is 2.12 bits per heavy atom. The summed E-state index contributed by atoms with van der Waals surface area (Å²) >= 11 is 0. The fraction of sp³-hybridized carbons (Fsp3) is 0.182. The van der Waals surface area contributed by atoms with E-state index < -0.39 is 9.84 Å². The quantitative estimate of drug-likeness (QED) is 0.801. The van der Waals surface area contributed by atoms with Gasteiger partial charge in [-0.3, -0.25) is 5.10 Å². The number of fused-ring (bicyclic) bond motifs is 3. The van der Waals surface area contributed by atoms with Gasteiger partial charge in [0.2, 0.25) is 0 Å². The van der Waals surface area contributed by atoms with Crippen LogP contribution in [0.2, 0.25) is 0 Å². The third-order valence-electron chi connectivity index (χ3n) is 2.93. The normalized spacial score (nSPS) is 16.1. The van der Waals surface area contributed by atoms with Crippen LogP contribution in [0.15, 0.2) is 29.2 Å². The number of hydrogen-bond donors (Lipinski definition) is 2. The summed E-state index contributed by atoms with van der Waals surface area (Å²) in [6, 6.07) is 6.98. The van der Waals surface area contributed by atoms with E-state index in [1.165, 1.54) is 0 Å². The van der Waals surface area contributed by atoms with Crippen LogP contribution in [0.3, 0.4) is 0 Å². The number of H-pyrrole nitrogens is 1. The van der Waals surface area contributed by atoms with E-state index in [9.17, 15) is 8.42 Å². The highest BCUT2D eigenvalue weighted by molar-refractivity contribution is 7.90. The predicted octanol–water partition coefficient (Wildman–Crippen LogP) is 1.41. The first-order chi connectivity index (χ1) is 8.13. The molecule has 88 valence electrons. The number of aromatic amines is 1. The number of benzene rings is 1. The van der Waals surface area contributed by atoms with Gasteiger partial charge in [-0.1, -0.05) is 18.2 Å². The molecule has 17 heavy (non-hydrogen) atoms. The zero-order chi connectivity index (χ0) is 12.0. The second-order valence-electron chi connectivity index (χ2n) is 3.93. The third kappa shape index (κ3) is 1.37. The summed E-state index contributed by atoms with van der Waals surface area (Å²) in [5.74, 6) is 0.588. The van der Waals surface area contributed by atoms with Gasteiger partial charge >= 0.3 is 0 Å². The van der Waals surface area contributed by atoms with E-state index in [1.807, 2.05) is 6.07 Å². The molecule has 1 aromatic carbocycles. The van der Waals surface area contributed by atoms with Crippen molar-refractivity contribution in [3.63, 3.8) is 0 Å². The summed E-state index contributed by atoms with van der Waals surface area (Å²) in [6.45, 7) is 0. The summed E-state index contributed by atoms with van der Waals surface area (Å²) in [5, 5.41) is 9.87. The Bertz CT molecular complexity index is 688. The average Bonchev–Trinajstić information content (AvgIpc) is 2.71. The van der Waals surface area contributed by atoms with Gasteiger partial charge in [0.15, 0.2) is 15.7 Å². The maximum Gasteiger partial charge on any atom is 0.183 e. The number of nitrogens with zero attached hydrogens (tertiary/aromatic N) is 1. The molecule has 2 heterocycles. The van der Waals surface area contributed by atoms with Crippen LogP contribution in [0.25, 0.3) is 11.3 Å². The standard InChI is InChI=1S/C11H11N3O2S/c1-12-11-8-6-17(15,16)9-5-3-2-4-7(9)10(8)13-14-11/h2-5H,6H2,1H3,(H2,12,13,14). The lowest BCUT2D eigenvalue weighted by Crippen LogP contribution is -2.13. The van der Waals surface area contributed by atoms with Crippen molar-refractivity contribution in [2.75, 3.05) is 12.4 Å². The van der Waals surface area contributed by atoms with Crippen molar-refractivity contribution in [2.24, 2.45) is 0 Å². The zero-order valence-electron chi connectivity index (χ0n) is 9.19. The van der Waals surface area contributed by atoms with Gasteiger partial charge in [-0.05, 0) is 6.07 Å². The lowest BCUT2D eigenvalue weighted by atomic mass is 10.1. The van der Waals surface area contributed by atoms with Crippen molar-refractivity contribution in [2.45, 2.75) is 10.6 Å². The molecule has 0 atom stereocenters. The molecule has 6 heteroatoms. The monoisotopic (exact) mass is 249 g/mol. The van der Waals surface area contributed by atoms with Crippen molar-refractivity contribution >= 4 is 15.7 Å². The highest BCUT2D eigenvalue weighted by atomic mass is 32.2. The Morgan fingerprint density at radius 1 is 1.35 bits per heavy atom. The molecule has 1 aromatic heterocycles. The Morgan fingerprint density at radius 3 is 2.88 bits per heavy atom. The molecular formula is C11H11N3O2S. The van der Waals surface area contributed by atoms with Crippen LogP contribution in [-0.2, 0) is 15.6 Å². The van der Waals surface area contributed by atoms with E-state index in [4.69, 9.17) is 0 Å². The molecule has 0 spiro atoms. The van der Waals surface area contributed by atoms with Crippen LogP contribution in [0.1, 0.15) is 5.56 Å². The molecule has 0 amide bonds. The van der Waals surface area contributed by atoms with Gasteiger partial charge in [0, 0.05) is 18.2 Å². The first kappa shape index (κ1) is 10.3. The molecule has 3 rings (SSSR count). The van der Waals surface area contributed by atoms with E-state index in [1.54, 1.807) is 25.2 Å². The minimum Gasteiger partial charge on any atom is -0.371 e. The van der Waals surface area contributed by atoms with Crippen LogP contribution < -0.4 is 5.32 Å². The number of sulfone groups is 1. The number of anilines is 1. The molecule has 0 radical (unpaired) electrons. The molecule has 1 aliphatic rings. The second kappa shape index (κ2) is 3.33. The highest BCUT2D eigenvalue weighted by Gasteiger charge is 2.31. The fourth-order valence-electron chi connectivity index (χ4n) is 2.15. The summed E-state index contributed by atoms with van der Waals surface area (Å²) in [6.07, 6.45) is 0. The van der Waals surface area contributed by atoms with Crippen molar-refractivity contribution < 1.29 is 8.42 Å². The van der Waals surface area contributed by atoms with Gasteiger partial charge in [0.25, 0.3) is 0 Å². The molecule has 2 N–H and O–H groups in total. The lowest BCUT2D eigenvalue weighted by Gasteiger charge is -2.16.